The molecule has 18 heavy (non-hydrogen) atoms. The van der Waals surface area contributed by atoms with Crippen LogP contribution in [0, 0.1) is 0 Å². The number of hydrogen-bond donors (Lipinski definition) is 1. The summed E-state index contributed by atoms with van der Waals surface area (Å²) in [4.78, 5) is 8.31. The maximum atomic E-state index is 5.95. The summed E-state index contributed by atoms with van der Waals surface area (Å²) in [6.07, 6.45) is 5.35. The van der Waals surface area contributed by atoms with E-state index in [1.807, 2.05) is 27.6 Å². The maximum absolute atomic E-state index is 5.95. The predicted octanol–water partition coefficient (Wildman–Crippen LogP) is 1.78. The van der Waals surface area contributed by atoms with Gasteiger partial charge in [0.25, 0.3) is 0 Å². The Hall–Kier alpha value is -2.37. The molecule has 0 aliphatic carbocycles. The topological polar surface area (TPSA) is 74.5 Å². The van der Waals surface area contributed by atoms with Crippen LogP contribution in [0.2, 0.25) is 0 Å². The summed E-state index contributed by atoms with van der Waals surface area (Å²) >= 11 is 0. The van der Waals surface area contributed by atoms with Crippen LogP contribution < -0.4 is 5.73 Å². The zero-order chi connectivity index (χ0) is 12.7. The molecule has 0 aromatic carbocycles. The fraction of sp³-hybridized carbons (Fsp3) is 0.250. The molecule has 0 radical (unpaired) electrons. The average molecular weight is 242 g/mol. The molecule has 0 fully saturated rings. The van der Waals surface area contributed by atoms with Crippen LogP contribution in [0.5, 0.6) is 0 Å². The minimum atomic E-state index is 0.316. The van der Waals surface area contributed by atoms with E-state index in [2.05, 4.69) is 28.9 Å². The summed E-state index contributed by atoms with van der Waals surface area (Å²) in [6.45, 7) is 4.16. The van der Waals surface area contributed by atoms with Crippen molar-refractivity contribution in [3.8, 4) is 5.82 Å². The molecule has 3 heterocycles. The zero-order valence-electron chi connectivity index (χ0n) is 10.3. The van der Waals surface area contributed by atoms with Crippen molar-refractivity contribution in [2.45, 2.75) is 19.9 Å². The van der Waals surface area contributed by atoms with E-state index in [-0.39, 0.29) is 0 Å². The summed E-state index contributed by atoms with van der Waals surface area (Å²) in [7, 11) is 0. The van der Waals surface area contributed by atoms with Crippen molar-refractivity contribution >= 4 is 17.0 Å². The number of nitrogen functional groups attached to an aromatic ring is 1. The van der Waals surface area contributed by atoms with E-state index >= 15 is 0 Å². The molecule has 0 saturated heterocycles. The fourth-order valence-electron chi connectivity index (χ4n) is 1.93. The molecular formula is C12H14N6. The zero-order valence-corrected chi connectivity index (χ0v) is 10.3. The number of aromatic nitrogens is 5. The molecule has 3 rings (SSSR count). The van der Waals surface area contributed by atoms with E-state index < -0.39 is 0 Å². The highest BCUT2D eigenvalue weighted by Crippen LogP contribution is 2.21. The van der Waals surface area contributed by atoms with Crippen molar-refractivity contribution < 1.29 is 0 Å². The number of hydrogen-bond acceptors (Lipinski definition) is 4. The van der Waals surface area contributed by atoms with E-state index in [1.54, 1.807) is 12.4 Å². The Labute approximate surface area is 104 Å². The van der Waals surface area contributed by atoms with Crippen LogP contribution in [0.15, 0.2) is 30.7 Å². The number of anilines is 1. The van der Waals surface area contributed by atoms with Gasteiger partial charge >= 0.3 is 0 Å². The van der Waals surface area contributed by atoms with Gasteiger partial charge in [-0.1, -0.05) is 0 Å². The van der Waals surface area contributed by atoms with Gasteiger partial charge in [-0.25, -0.2) is 4.98 Å². The second-order valence-electron chi connectivity index (χ2n) is 4.42. The minimum Gasteiger partial charge on any atom is -0.369 e. The highest BCUT2D eigenvalue weighted by molar-refractivity contribution is 5.79. The molecule has 6 heteroatoms. The van der Waals surface area contributed by atoms with Crippen molar-refractivity contribution in [1.82, 2.24) is 24.3 Å². The molecule has 0 spiro atoms. The molecule has 0 amide bonds. The first-order chi connectivity index (χ1) is 8.66. The van der Waals surface area contributed by atoms with E-state index in [9.17, 15) is 0 Å². The van der Waals surface area contributed by atoms with Gasteiger partial charge in [0.05, 0.1) is 11.7 Å². The smallest absolute Gasteiger partial charge is 0.207 e. The predicted molar refractivity (Wildman–Crippen MR) is 69.4 cm³/mol. The SMILES string of the molecule is CC(C)n1ccc(-n2c(N)nc3cnccc32)n1. The van der Waals surface area contributed by atoms with Crippen molar-refractivity contribution in [1.29, 1.82) is 0 Å². The van der Waals surface area contributed by atoms with Gasteiger partial charge in [-0.3, -0.25) is 14.2 Å². The number of rotatable bonds is 2. The van der Waals surface area contributed by atoms with Crippen LogP contribution in [-0.2, 0) is 0 Å². The van der Waals surface area contributed by atoms with Gasteiger partial charge in [0.2, 0.25) is 5.95 Å². The molecule has 0 unspecified atom stereocenters. The van der Waals surface area contributed by atoms with Gasteiger partial charge in [0.15, 0.2) is 5.82 Å². The van der Waals surface area contributed by atoms with E-state index in [0.29, 0.717) is 12.0 Å². The van der Waals surface area contributed by atoms with E-state index in [0.717, 1.165) is 16.9 Å². The van der Waals surface area contributed by atoms with Crippen LogP contribution >= 0.6 is 0 Å². The lowest BCUT2D eigenvalue weighted by molar-refractivity contribution is 0.530. The molecule has 2 N–H and O–H groups in total. The van der Waals surface area contributed by atoms with Gasteiger partial charge in [-0.2, -0.15) is 5.10 Å². The minimum absolute atomic E-state index is 0.316. The highest BCUT2D eigenvalue weighted by atomic mass is 15.3. The lowest BCUT2D eigenvalue weighted by Crippen LogP contribution is -2.05. The second kappa shape index (κ2) is 3.83. The highest BCUT2D eigenvalue weighted by Gasteiger charge is 2.12. The lowest BCUT2D eigenvalue weighted by Gasteiger charge is -2.05. The third kappa shape index (κ3) is 1.54. The normalized spacial score (nSPS) is 11.5. The van der Waals surface area contributed by atoms with Crippen molar-refractivity contribution in [2.24, 2.45) is 0 Å². The van der Waals surface area contributed by atoms with Gasteiger partial charge in [0, 0.05) is 24.5 Å². The van der Waals surface area contributed by atoms with Crippen LogP contribution in [0.1, 0.15) is 19.9 Å². The summed E-state index contributed by atoms with van der Waals surface area (Å²) < 4.78 is 3.72. The second-order valence-corrected chi connectivity index (χ2v) is 4.42. The molecule has 92 valence electrons. The van der Waals surface area contributed by atoms with E-state index in [1.165, 1.54) is 0 Å². The number of fused-ring (bicyclic) bond motifs is 1. The largest absolute Gasteiger partial charge is 0.369 e. The fourth-order valence-corrected chi connectivity index (χ4v) is 1.93. The Morgan fingerprint density at radius 3 is 2.83 bits per heavy atom. The van der Waals surface area contributed by atoms with Crippen LogP contribution in [0.25, 0.3) is 16.9 Å². The first-order valence-electron chi connectivity index (χ1n) is 5.80. The summed E-state index contributed by atoms with van der Waals surface area (Å²) in [5, 5.41) is 4.50. The third-order valence-electron chi connectivity index (χ3n) is 2.84. The molecule has 0 aliphatic heterocycles. The van der Waals surface area contributed by atoms with Crippen molar-refractivity contribution in [3.63, 3.8) is 0 Å². The standard InChI is InChI=1S/C12H14N6/c1-8(2)17-6-4-11(16-17)18-10-3-5-14-7-9(10)15-12(18)13/h3-8H,1-2H3,(H2,13,15). The molecule has 6 nitrogen and oxygen atoms in total. The van der Waals surface area contributed by atoms with Crippen LogP contribution in [-0.4, -0.2) is 24.3 Å². The Morgan fingerprint density at radius 2 is 2.11 bits per heavy atom. The Bertz CT molecular complexity index is 693. The number of nitrogens with zero attached hydrogens (tertiary/aromatic N) is 5. The maximum Gasteiger partial charge on any atom is 0.207 e. The number of nitrogens with two attached hydrogens (primary N) is 1. The van der Waals surface area contributed by atoms with Crippen molar-refractivity contribution in [3.05, 3.63) is 30.7 Å². The summed E-state index contributed by atoms with van der Waals surface area (Å²) in [5.74, 6) is 1.20. The molecule has 0 bridgehead atoms. The molecule has 0 saturated carbocycles. The van der Waals surface area contributed by atoms with Crippen molar-refractivity contribution in [2.75, 3.05) is 5.73 Å². The molecule has 0 aliphatic rings. The third-order valence-corrected chi connectivity index (χ3v) is 2.84. The van der Waals surface area contributed by atoms with E-state index in [4.69, 9.17) is 5.73 Å². The monoisotopic (exact) mass is 242 g/mol. The molecular weight excluding hydrogens is 228 g/mol. The number of pyridine rings is 1. The Kier molecular flexibility index (Phi) is 2.29. The molecule has 3 aromatic heterocycles. The first kappa shape index (κ1) is 10.8. The molecule has 3 aromatic rings. The molecule has 0 atom stereocenters. The average Bonchev–Trinajstić information content (AvgIpc) is 2.91. The summed E-state index contributed by atoms with van der Waals surface area (Å²) in [6, 6.07) is 4.13. The van der Waals surface area contributed by atoms with Gasteiger partial charge in [-0.05, 0) is 19.9 Å². The summed E-state index contributed by atoms with van der Waals surface area (Å²) in [5.41, 5.74) is 7.63. The quantitative estimate of drug-likeness (QED) is 0.743. The van der Waals surface area contributed by atoms with Gasteiger partial charge in [0.1, 0.15) is 5.52 Å². The van der Waals surface area contributed by atoms with Gasteiger partial charge < -0.3 is 5.73 Å². The van der Waals surface area contributed by atoms with Crippen LogP contribution in [0.4, 0.5) is 5.95 Å². The Balaban J connectivity index is 2.21. The lowest BCUT2D eigenvalue weighted by atomic mass is 10.4. The number of imidazole rings is 1. The first-order valence-corrected chi connectivity index (χ1v) is 5.80. The Morgan fingerprint density at radius 1 is 1.28 bits per heavy atom. The van der Waals surface area contributed by atoms with Crippen LogP contribution in [0.3, 0.4) is 0 Å². The van der Waals surface area contributed by atoms with Gasteiger partial charge in [-0.15, -0.1) is 0 Å².